The van der Waals surface area contributed by atoms with Crippen LogP contribution in [-0.2, 0) is 16.0 Å². The van der Waals surface area contributed by atoms with Gasteiger partial charge in [0.15, 0.2) is 0 Å². The molecule has 0 atom stereocenters. The molecule has 0 spiro atoms. The van der Waals surface area contributed by atoms with Gasteiger partial charge in [-0.2, -0.15) is 0 Å². The maximum absolute atomic E-state index is 10.9. The van der Waals surface area contributed by atoms with E-state index in [2.05, 4.69) is 16.6 Å². The van der Waals surface area contributed by atoms with Gasteiger partial charge in [-0.05, 0) is 24.6 Å². The molecule has 1 rings (SSSR count). The molecule has 16 heavy (non-hydrogen) atoms. The van der Waals surface area contributed by atoms with Crippen LogP contribution in [0.25, 0.3) is 0 Å². The molecule has 0 aliphatic heterocycles. The minimum atomic E-state index is -0.316. The highest BCUT2D eigenvalue weighted by Gasteiger charge is 1.98. The first-order valence-electron chi connectivity index (χ1n) is 5.11. The number of esters is 1. The van der Waals surface area contributed by atoms with Gasteiger partial charge in [0.1, 0.15) is 6.42 Å². The maximum atomic E-state index is 10.9. The largest absolute Gasteiger partial charge is 0.468 e. The molecule has 0 saturated carbocycles. The van der Waals surface area contributed by atoms with Crippen LogP contribution in [0.5, 0.6) is 0 Å². The molecule has 0 radical (unpaired) electrons. The molecule has 1 aromatic carbocycles. The van der Waals surface area contributed by atoms with Crippen LogP contribution in [0, 0.1) is 11.8 Å². The first-order chi connectivity index (χ1) is 7.77. The van der Waals surface area contributed by atoms with Crippen molar-refractivity contribution >= 4 is 5.97 Å². The van der Waals surface area contributed by atoms with Gasteiger partial charge in [-0.25, -0.2) is 0 Å². The van der Waals surface area contributed by atoms with Crippen molar-refractivity contribution in [3.05, 3.63) is 35.4 Å². The third-order valence-electron chi connectivity index (χ3n) is 2.11. The molecule has 0 aliphatic rings. The zero-order chi connectivity index (χ0) is 11.8. The first-order valence-corrected chi connectivity index (χ1v) is 5.11. The fourth-order valence-corrected chi connectivity index (χ4v) is 1.30. The highest BCUT2D eigenvalue weighted by molar-refractivity contribution is 5.72. The summed E-state index contributed by atoms with van der Waals surface area (Å²) in [5.74, 6) is 5.43. The number of rotatable bonds is 3. The molecule has 3 nitrogen and oxygen atoms in total. The standard InChI is InChI=1S/C13H15NO2/c1-16-13(15)8-4-7-11-5-2-3-6-12(11)9-10-14/h2-3,5-6H,8-10,14H2,1H3. The summed E-state index contributed by atoms with van der Waals surface area (Å²) in [5.41, 5.74) is 7.55. The van der Waals surface area contributed by atoms with Gasteiger partial charge in [0.25, 0.3) is 0 Å². The summed E-state index contributed by atoms with van der Waals surface area (Å²) in [6.45, 7) is 0.593. The van der Waals surface area contributed by atoms with Crippen LogP contribution in [0.15, 0.2) is 24.3 Å². The van der Waals surface area contributed by atoms with Gasteiger partial charge in [-0.1, -0.05) is 30.0 Å². The predicted octanol–water partition coefficient (Wildman–Crippen LogP) is 1.10. The fourth-order valence-electron chi connectivity index (χ4n) is 1.30. The molecule has 1 aromatic rings. The van der Waals surface area contributed by atoms with Crippen LogP contribution in [0.3, 0.4) is 0 Å². The molecule has 0 fully saturated rings. The summed E-state index contributed by atoms with van der Waals surface area (Å²) >= 11 is 0. The highest BCUT2D eigenvalue weighted by atomic mass is 16.5. The van der Waals surface area contributed by atoms with Crippen LogP contribution >= 0.6 is 0 Å². The van der Waals surface area contributed by atoms with Crippen molar-refractivity contribution in [3.63, 3.8) is 0 Å². The Balaban J connectivity index is 2.75. The van der Waals surface area contributed by atoms with E-state index in [0.29, 0.717) is 6.54 Å². The van der Waals surface area contributed by atoms with Gasteiger partial charge in [-0.15, -0.1) is 0 Å². The second-order valence-electron chi connectivity index (χ2n) is 3.25. The summed E-state index contributed by atoms with van der Waals surface area (Å²) in [7, 11) is 1.35. The lowest BCUT2D eigenvalue weighted by molar-refractivity contribution is -0.139. The zero-order valence-corrected chi connectivity index (χ0v) is 9.32. The number of benzene rings is 1. The van der Waals surface area contributed by atoms with Gasteiger partial charge in [0.2, 0.25) is 0 Å². The summed E-state index contributed by atoms with van der Waals surface area (Å²) in [6, 6.07) is 7.79. The van der Waals surface area contributed by atoms with E-state index in [0.717, 1.165) is 17.5 Å². The number of hydrogen-bond acceptors (Lipinski definition) is 3. The molecule has 0 bridgehead atoms. The van der Waals surface area contributed by atoms with E-state index >= 15 is 0 Å². The second-order valence-corrected chi connectivity index (χ2v) is 3.25. The van der Waals surface area contributed by atoms with Crippen LogP contribution in [0.2, 0.25) is 0 Å². The minimum absolute atomic E-state index is 0.119. The second kappa shape index (κ2) is 6.65. The summed E-state index contributed by atoms with van der Waals surface area (Å²) < 4.78 is 4.50. The van der Waals surface area contributed by atoms with E-state index in [1.807, 2.05) is 24.3 Å². The Morgan fingerprint density at radius 2 is 2.19 bits per heavy atom. The lowest BCUT2D eigenvalue weighted by atomic mass is 10.1. The van der Waals surface area contributed by atoms with Crippen LogP contribution < -0.4 is 5.73 Å². The molecule has 0 aromatic heterocycles. The normalized spacial score (nSPS) is 9.12. The van der Waals surface area contributed by atoms with E-state index in [1.165, 1.54) is 7.11 Å². The van der Waals surface area contributed by atoms with Gasteiger partial charge in [0.05, 0.1) is 7.11 Å². The van der Waals surface area contributed by atoms with Crippen molar-refractivity contribution < 1.29 is 9.53 Å². The molecule has 3 heteroatoms. The quantitative estimate of drug-likeness (QED) is 0.609. The fraction of sp³-hybridized carbons (Fsp3) is 0.308. The van der Waals surface area contributed by atoms with Crippen molar-refractivity contribution in [2.24, 2.45) is 5.73 Å². The zero-order valence-electron chi connectivity index (χ0n) is 9.32. The van der Waals surface area contributed by atoms with E-state index in [4.69, 9.17) is 5.73 Å². The predicted molar refractivity (Wildman–Crippen MR) is 62.7 cm³/mol. The number of ether oxygens (including phenoxy) is 1. The molecule has 0 unspecified atom stereocenters. The topological polar surface area (TPSA) is 52.3 Å². The lowest BCUT2D eigenvalue weighted by Crippen LogP contribution is -2.04. The van der Waals surface area contributed by atoms with Crippen LogP contribution in [0.4, 0.5) is 0 Å². The van der Waals surface area contributed by atoms with Crippen molar-refractivity contribution in [2.45, 2.75) is 12.8 Å². The summed E-state index contributed by atoms with van der Waals surface area (Å²) in [4.78, 5) is 10.9. The Kier molecular flexibility index (Phi) is 5.10. The third kappa shape index (κ3) is 3.76. The van der Waals surface area contributed by atoms with Crippen molar-refractivity contribution in [1.29, 1.82) is 0 Å². The molecule has 2 N–H and O–H groups in total. The van der Waals surface area contributed by atoms with E-state index < -0.39 is 0 Å². The average Bonchev–Trinajstić information content (AvgIpc) is 2.31. The molecular weight excluding hydrogens is 202 g/mol. The first kappa shape index (κ1) is 12.3. The number of hydrogen-bond donors (Lipinski definition) is 1. The maximum Gasteiger partial charge on any atom is 0.317 e. The number of carbonyl (C=O) groups is 1. The smallest absolute Gasteiger partial charge is 0.317 e. The summed E-state index contributed by atoms with van der Waals surface area (Å²) in [5, 5.41) is 0. The molecule has 0 saturated heterocycles. The molecule has 84 valence electrons. The SMILES string of the molecule is COC(=O)CC#Cc1ccccc1CCN. The van der Waals surface area contributed by atoms with E-state index in [9.17, 15) is 4.79 Å². The van der Waals surface area contributed by atoms with Gasteiger partial charge >= 0.3 is 5.97 Å². The van der Waals surface area contributed by atoms with Gasteiger partial charge < -0.3 is 10.5 Å². The molecule has 0 amide bonds. The van der Waals surface area contributed by atoms with Gasteiger partial charge in [-0.3, -0.25) is 4.79 Å². The van der Waals surface area contributed by atoms with Crippen LogP contribution in [-0.4, -0.2) is 19.6 Å². The Hall–Kier alpha value is -1.79. The van der Waals surface area contributed by atoms with Crippen molar-refractivity contribution in [3.8, 4) is 11.8 Å². The molecule has 0 heterocycles. The number of methoxy groups -OCH3 is 1. The highest BCUT2D eigenvalue weighted by Crippen LogP contribution is 2.07. The lowest BCUT2D eigenvalue weighted by Gasteiger charge is -2.01. The Morgan fingerprint density at radius 3 is 2.88 bits per heavy atom. The van der Waals surface area contributed by atoms with Crippen molar-refractivity contribution in [1.82, 2.24) is 0 Å². The monoisotopic (exact) mass is 217 g/mol. The van der Waals surface area contributed by atoms with E-state index in [1.54, 1.807) is 0 Å². The average molecular weight is 217 g/mol. The van der Waals surface area contributed by atoms with Gasteiger partial charge in [0, 0.05) is 5.56 Å². The molecule has 0 aliphatic carbocycles. The number of nitrogens with two attached hydrogens (primary N) is 1. The number of carbonyl (C=O) groups excluding carboxylic acids is 1. The van der Waals surface area contributed by atoms with Crippen LogP contribution in [0.1, 0.15) is 17.5 Å². The van der Waals surface area contributed by atoms with E-state index in [-0.39, 0.29) is 12.4 Å². The minimum Gasteiger partial charge on any atom is -0.468 e. The summed E-state index contributed by atoms with van der Waals surface area (Å²) in [6.07, 6.45) is 0.913. The third-order valence-corrected chi connectivity index (χ3v) is 2.11. The molecular formula is C13H15NO2. The Bertz CT molecular complexity index is 415. The Morgan fingerprint density at radius 1 is 1.44 bits per heavy atom. The Labute approximate surface area is 95.6 Å². The van der Waals surface area contributed by atoms with Crippen molar-refractivity contribution in [2.75, 3.05) is 13.7 Å².